The van der Waals surface area contributed by atoms with Crippen molar-refractivity contribution < 1.29 is 9.47 Å². The number of hydrogen-bond donors (Lipinski definition) is 1. The molecule has 0 spiro atoms. The first-order valence-corrected chi connectivity index (χ1v) is 9.26. The molecule has 140 valence electrons. The maximum atomic E-state index is 5.90. The van der Waals surface area contributed by atoms with Gasteiger partial charge >= 0.3 is 0 Å². The van der Waals surface area contributed by atoms with Gasteiger partial charge in [0.25, 0.3) is 0 Å². The van der Waals surface area contributed by atoms with Crippen LogP contribution in [0.25, 0.3) is 16.7 Å². The van der Waals surface area contributed by atoms with Gasteiger partial charge in [-0.05, 0) is 18.2 Å². The Kier molecular flexibility index (Phi) is 4.25. The predicted molar refractivity (Wildman–Crippen MR) is 106 cm³/mol. The number of hydrogen-bond acceptors (Lipinski definition) is 6. The highest BCUT2D eigenvalue weighted by Crippen LogP contribution is 2.34. The number of ether oxygens (including phenoxy) is 2. The van der Waals surface area contributed by atoms with Crippen molar-refractivity contribution in [3.8, 4) is 17.2 Å². The van der Waals surface area contributed by atoms with Gasteiger partial charge in [0.2, 0.25) is 0 Å². The van der Waals surface area contributed by atoms with Crippen LogP contribution in [0.1, 0.15) is 12.0 Å². The molecule has 5 rings (SSSR count). The molecule has 0 saturated heterocycles. The van der Waals surface area contributed by atoms with Gasteiger partial charge in [0, 0.05) is 18.5 Å². The number of anilines is 1. The summed E-state index contributed by atoms with van der Waals surface area (Å²) in [6.07, 6.45) is 4.22. The lowest BCUT2D eigenvalue weighted by Crippen LogP contribution is -2.05. The number of nitrogens with zero attached hydrogens (tertiary/aromatic N) is 4. The maximum absolute atomic E-state index is 5.90. The summed E-state index contributed by atoms with van der Waals surface area (Å²) in [6, 6.07) is 15.9. The molecule has 0 atom stereocenters. The molecular formula is C21H19N5O2. The zero-order valence-corrected chi connectivity index (χ0v) is 15.2. The summed E-state index contributed by atoms with van der Waals surface area (Å²) in [6.45, 7) is 1.90. The molecule has 3 heterocycles. The fourth-order valence-electron chi connectivity index (χ4n) is 3.32. The maximum Gasteiger partial charge on any atom is 0.168 e. The average molecular weight is 373 g/mol. The van der Waals surface area contributed by atoms with E-state index in [4.69, 9.17) is 9.47 Å². The van der Waals surface area contributed by atoms with E-state index in [0.717, 1.165) is 46.0 Å². The minimum atomic E-state index is 0.565. The predicted octanol–water partition coefficient (Wildman–Crippen LogP) is 3.59. The molecule has 7 heteroatoms. The second kappa shape index (κ2) is 7.19. The molecule has 4 aromatic rings. The highest BCUT2D eigenvalue weighted by Gasteiger charge is 2.16. The smallest absolute Gasteiger partial charge is 0.168 e. The van der Waals surface area contributed by atoms with Crippen LogP contribution in [0.2, 0.25) is 0 Å². The largest absolute Gasteiger partial charge is 0.490 e. The lowest BCUT2D eigenvalue weighted by molar-refractivity contribution is 0.296. The van der Waals surface area contributed by atoms with Gasteiger partial charge in [-0.25, -0.2) is 14.6 Å². The standard InChI is InChI=1S/C21H19N5O2/c1-2-7-16(8-3-1)26-21-17(13-25-26)20(23-14-24-21)22-12-15-6-4-9-18-19(15)28-11-5-10-27-18/h1-4,6-9,13-14H,5,10-12H2,(H,22,23,24). The van der Waals surface area contributed by atoms with E-state index in [1.165, 1.54) is 0 Å². The summed E-state index contributed by atoms with van der Waals surface area (Å²) in [4.78, 5) is 8.83. The van der Waals surface area contributed by atoms with E-state index in [0.29, 0.717) is 19.8 Å². The number of rotatable bonds is 4. The van der Waals surface area contributed by atoms with E-state index < -0.39 is 0 Å². The van der Waals surface area contributed by atoms with Crippen LogP contribution >= 0.6 is 0 Å². The second-order valence-electron chi connectivity index (χ2n) is 6.50. The molecule has 1 aliphatic heterocycles. The normalized spacial score (nSPS) is 13.3. The van der Waals surface area contributed by atoms with E-state index in [-0.39, 0.29) is 0 Å². The summed E-state index contributed by atoms with van der Waals surface area (Å²) in [5, 5.41) is 8.76. The molecule has 1 N–H and O–H groups in total. The molecule has 0 radical (unpaired) electrons. The van der Waals surface area contributed by atoms with Gasteiger partial charge in [-0.1, -0.05) is 30.3 Å². The molecule has 28 heavy (non-hydrogen) atoms. The van der Waals surface area contributed by atoms with Gasteiger partial charge in [-0.2, -0.15) is 5.10 Å². The highest BCUT2D eigenvalue weighted by molar-refractivity contribution is 5.87. The Balaban J connectivity index is 1.45. The third-order valence-corrected chi connectivity index (χ3v) is 4.67. The number of para-hydroxylation sites is 2. The first kappa shape index (κ1) is 16.6. The fourth-order valence-corrected chi connectivity index (χ4v) is 3.32. The Labute approximate surface area is 162 Å². The number of fused-ring (bicyclic) bond motifs is 2. The van der Waals surface area contributed by atoms with Gasteiger partial charge in [0.15, 0.2) is 17.1 Å². The van der Waals surface area contributed by atoms with Crippen LogP contribution in [0, 0.1) is 0 Å². The summed E-state index contributed by atoms with van der Waals surface area (Å²) < 4.78 is 13.5. The second-order valence-corrected chi connectivity index (χ2v) is 6.50. The van der Waals surface area contributed by atoms with E-state index in [9.17, 15) is 0 Å². The van der Waals surface area contributed by atoms with Crippen molar-refractivity contribution in [1.29, 1.82) is 0 Å². The molecule has 0 unspecified atom stereocenters. The van der Waals surface area contributed by atoms with Crippen LogP contribution in [0.15, 0.2) is 61.1 Å². The van der Waals surface area contributed by atoms with Crippen LogP contribution in [-0.2, 0) is 6.54 Å². The molecule has 1 aliphatic rings. The fraction of sp³-hybridized carbons (Fsp3) is 0.190. The quantitative estimate of drug-likeness (QED) is 0.589. The molecule has 2 aromatic carbocycles. The highest BCUT2D eigenvalue weighted by atomic mass is 16.5. The molecule has 2 aromatic heterocycles. The van der Waals surface area contributed by atoms with Crippen LogP contribution in [0.5, 0.6) is 11.5 Å². The third kappa shape index (κ3) is 3.00. The molecule has 0 bridgehead atoms. The Morgan fingerprint density at radius 3 is 2.79 bits per heavy atom. The Bertz CT molecular complexity index is 1110. The monoisotopic (exact) mass is 373 g/mol. The van der Waals surface area contributed by atoms with Gasteiger partial charge in [0.1, 0.15) is 12.1 Å². The molecule has 0 amide bonds. The zero-order chi connectivity index (χ0) is 18.8. The van der Waals surface area contributed by atoms with Gasteiger partial charge in [-0.15, -0.1) is 0 Å². The number of benzene rings is 2. The van der Waals surface area contributed by atoms with Gasteiger partial charge in [0.05, 0.1) is 30.5 Å². The molecule has 0 aliphatic carbocycles. The third-order valence-electron chi connectivity index (χ3n) is 4.67. The Hall–Kier alpha value is -3.61. The summed E-state index contributed by atoms with van der Waals surface area (Å²) >= 11 is 0. The van der Waals surface area contributed by atoms with Crippen LogP contribution < -0.4 is 14.8 Å². The van der Waals surface area contributed by atoms with Crippen molar-refractivity contribution in [1.82, 2.24) is 19.7 Å². The number of nitrogens with one attached hydrogen (secondary N) is 1. The van der Waals surface area contributed by atoms with Crippen LogP contribution in [0.4, 0.5) is 5.82 Å². The summed E-state index contributed by atoms with van der Waals surface area (Å²) in [7, 11) is 0. The van der Waals surface area contributed by atoms with Crippen molar-refractivity contribution in [3.05, 3.63) is 66.6 Å². The van der Waals surface area contributed by atoms with Crippen molar-refractivity contribution in [2.24, 2.45) is 0 Å². The van der Waals surface area contributed by atoms with Crippen molar-refractivity contribution in [2.75, 3.05) is 18.5 Å². The zero-order valence-electron chi connectivity index (χ0n) is 15.2. The van der Waals surface area contributed by atoms with Crippen molar-refractivity contribution in [2.45, 2.75) is 13.0 Å². The molecule has 7 nitrogen and oxygen atoms in total. The van der Waals surface area contributed by atoms with Crippen molar-refractivity contribution >= 4 is 16.9 Å². The first-order valence-electron chi connectivity index (χ1n) is 9.26. The van der Waals surface area contributed by atoms with Crippen LogP contribution in [-0.4, -0.2) is 33.0 Å². The lowest BCUT2D eigenvalue weighted by atomic mass is 10.2. The van der Waals surface area contributed by atoms with Gasteiger partial charge in [-0.3, -0.25) is 0 Å². The molecular weight excluding hydrogens is 354 g/mol. The Morgan fingerprint density at radius 2 is 1.86 bits per heavy atom. The van der Waals surface area contributed by atoms with E-state index in [1.807, 2.05) is 53.2 Å². The number of aromatic nitrogens is 4. The van der Waals surface area contributed by atoms with E-state index in [2.05, 4.69) is 20.4 Å². The minimum absolute atomic E-state index is 0.565. The van der Waals surface area contributed by atoms with Crippen molar-refractivity contribution in [3.63, 3.8) is 0 Å². The summed E-state index contributed by atoms with van der Waals surface area (Å²) in [5.41, 5.74) is 2.75. The first-order chi connectivity index (χ1) is 13.9. The topological polar surface area (TPSA) is 74.1 Å². The SMILES string of the molecule is c1ccc(-n2ncc3c(NCc4cccc5c4OCCCO5)ncnc32)cc1. The minimum Gasteiger partial charge on any atom is -0.490 e. The average Bonchev–Trinajstić information content (AvgIpc) is 3.03. The van der Waals surface area contributed by atoms with E-state index in [1.54, 1.807) is 12.5 Å². The van der Waals surface area contributed by atoms with E-state index >= 15 is 0 Å². The lowest BCUT2D eigenvalue weighted by Gasteiger charge is -2.13. The molecule has 0 fully saturated rings. The Morgan fingerprint density at radius 1 is 0.964 bits per heavy atom. The molecule has 0 saturated carbocycles. The summed E-state index contributed by atoms with van der Waals surface area (Å²) in [5.74, 6) is 2.33. The van der Waals surface area contributed by atoms with Crippen LogP contribution in [0.3, 0.4) is 0 Å². The van der Waals surface area contributed by atoms with Gasteiger partial charge < -0.3 is 14.8 Å².